The average Bonchev–Trinajstić information content (AvgIpc) is 2.63. The van der Waals surface area contributed by atoms with Crippen molar-refractivity contribution >= 4 is 5.97 Å². The van der Waals surface area contributed by atoms with Crippen LogP contribution in [0.2, 0.25) is 0 Å². The van der Waals surface area contributed by atoms with E-state index in [-0.39, 0.29) is 23.7 Å². The van der Waals surface area contributed by atoms with Crippen molar-refractivity contribution in [2.24, 2.45) is 0 Å². The van der Waals surface area contributed by atoms with E-state index in [0.29, 0.717) is 19.4 Å². The first-order valence-electron chi connectivity index (χ1n) is 9.41. The number of benzene rings is 2. The van der Waals surface area contributed by atoms with Gasteiger partial charge in [0.1, 0.15) is 17.7 Å². The van der Waals surface area contributed by atoms with Crippen molar-refractivity contribution in [1.29, 1.82) is 0 Å². The van der Waals surface area contributed by atoms with Crippen LogP contribution in [0.25, 0.3) is 0 Å². The molecule has 5 heteroatoms. The molecule has 0 aliphatic carbocycles. The van der Waals surface area contributed by atoms with E-state index >= 15 is 0 Å². The Labute approximate surface area is 166 Å². The van der Waals surface area contributed by atoms with Gasteiger partial charge in [0.05, 0.1) is 12.2 Å². The van der Waals surface area contributed by atoms with Crippen LogP contribution in [0.3, 0.4) is 0 Å². The number of aryl methyl sites for hydroxylation is 1. The van der Waals surface area contributed by atoms with Gasteiger partial charge in [-0.3, -0.25) is 4.79 Å². The Morgan fingerprint density at radius 3 is 1.96 bits per heavy atom. The van der Waals surface area contributed by atoms with Crippen molar-refractivity contribution in [3.8, 4) is 0 Å². The van der Waals surface area contributed by atoms with E-state index in [1.165, 1.54) is 24.3 Å². The molecule has 0 N–H and O–H groups in total. The number of carbonyl (C=O) groups excluding carboxylic acids is 1. The molecule has 28 heavy (non-hydrogen) atoms. The highest BCUT2D eigenvalue weighted by Gasteiger charge is 2.23. The highest BCUT2D eigenvalue weighted by atomic mass is 19.1. The van der Waals surface area contributed by atoms with Gasteiger partial charge in [-0.1, -0.05) is 36.8 Å². The smallest absolute Gasteiger partial charge is 0.305 e. The van der Waals surface area contributed by atoms with Gasteiger partial charge in [0.25, 0.3) is 0 Å². The van der Waals surface area contributed by atoms with Crippen molar-refractivity contribution in [3.63, 3.8) is 0 Å². The third kappa shape index (κ3) is 10.2. The summed E-state index contributed by atoms with van der Waals surface area (Å²) in [4.78, 5) is 11.2. The summed E-state index contributed by atoms with van der Waals surface area (Å²) in [5, 5.41) is 0. The van der Waals surface area contributed by atoms with E-state index in [4.69, 9.17) is 9.47 Å². The Morgan fingerprint density at radius 1 is 1.00 bits per heavy atom. The Balaban J connectivity index is 0.000000406. The number of hydrogen-bond acceptors (Lipinski definition) is 3. The van der Waals surface area contributed by atoms with Crippen LogP contribution in [0.5, 0.6) is 0 Å². The SMILES string of the molecule is CCC(=O)OC(C)CC(C)(C)OCc1ccc(F)cc1.Cc1ccc(F)cc1. The van der Waals surface area contributed by atoms with Crippen molar-refractivity contribution in [2.45, 2.75) is 65.8 Å². The first-order valence-corrected chi connectivity index (χ1v) is 9.41. The maximum atomic E-state index is 12.8. The third-order valence-electron chi connectivity index (χ3n) is 3.95. The Hall–Kier alpha value is -2.27. The van der Waals surface area contributed by atoms with Crippen molar-refractivity contribution in [1.82, 2.24) is 0 Å². The summed E-state index contributed by atoms with van der Waals surface area (Å²) in [6.07, 6.45) is 0.798. The van der Waals surface area contributed by atoms with Crippen LogP contribution in [0.4, 0.5) is 8.78 Å². The molecule has 154 valence electrons. The van der Waals surface area contributed by atoms with E-state index in [2.05, 4.69) is 0 Å². The molecule has 0 aliphatic rings. The van der Waals surface area contributed by atoms with Crippen LogP contribution in [0, 0.1) is 18.6 Å². The van der Waals surface area contributed by atoms with Crippen molar-refractivity contribution in [2.75, 3.05) is 0 Å². The molecule has 0 bridgehead atoms. The number of carbonyl (C=O) groups is 1. The second-order valence-electron chi connectivity index (χ2n) is 7.33. The van der Waals surface area contributed by atoms with Crippen molar-refractivity contribution < 1.29 is 23.0 Å². The molecule has 0 amide bonds. The molecule has 0 aromatic heterocycles. The largest absolute Gasteiger partial charge is 0.463 e. The summed E-state index contributed by atoms with van der Waals surface area (Å²) < 4.78 is 35.9. The minimum atomic E-state index is -0.415. The lowest BCUT2D eigenvalue weighted by molar-refractivity contribution is -0.151. The second kappa shape index (κ2) is 11.5. The van der Waals surface area contributed by atoms with Gasteiger partial charge in [-0.25, -0.2) is 8.78 Å². The summed E-state index contributed by atoms with van der Waals surface area (Å²) >= 11 is 0. The number of esters is 1. The average molecular weight is 392 g/mol. The van der Waals surface area contributed by atoms with E-state index in [9.17, 15) is 13.6 Å². The Kier molecular flexibility index (Phi) is 9.80. The van der Waals surface area contributed by atoms with Gasteiger partial charge in [-0.05, 0) is 57.5 Å². The lowest BCUT2D eigenvalue weighted by atomic mass is 10.0. The minimum absolute atomic E-state index is 0.171. The van der Waals surface area contributed by atoms with Crippen LogP contribution >= 0.6 is 0 Å². The lowest BCUT2D eigenvalue weighted by Crippen LogP contribution is -2.31. The fraction of sp³-hybridized carbons (Fsp3) is 0.435. The summed E-state index contributed by atoms with van der Waals surface area (Å²) in [6, 6.07) is 12.6. The van der Waals surface area contributed by atoms with Gasteiger partial charge < -0.3 is 9.47 Å². The normalized spacial score (nSPS) is 12.0. The van der Waals surface area contributed by atoms with Gasteiger partial charge in [0.2, 0.25) is 0 Å². The molecule has 0 spiro atoms. The number of rotatable bonds is 7. The van der Waals surface area contributed by atoms with E-state index in [1.807, 2.05) is 27.7 Å². The topological polar surface area (TPSA) is 35.5 Å². The zero-order chi connectivity index (χ0) is 21.2. The van der Waals surface area contributed by atoms with Crippen molar-refractivity contribution in [3.05, 3.63) is 71.3 Å². The van der Waals surface area contributed by atoms with Gasteiger partial charge in [0.15, 0.2) is 0 Å². The van der Waals surface area contributed by atoms with Gasteiger partial charge in [0, 0.05) is 12.8 Å². The molecule has 3 nitrogen and oxygen atoms in total. The molecule has 0 radical (unpaired) electrons. The highest BCUT2D eigenvalue weighted by Crippen LogP contribution is 2.21. The number of ether oxygens (including phenoxy) is 2. The van der Waals surface area contributed by atoms with Gasteiger partial charge >= 0.3 is 5.97 Å². The molecule has 0 aliphatic heterocycles. The van der Waals surface area contributed by atoms with Crippen LogP contribution in [0.1, 0.15) is 51.7 Å². The summed E-state index contributed by atoms with van der Waals surface area (Å²) in [5.41, 5.74) is 1.59. The molecule has 2 aromatic rings. The maximum absolute atomic E-state index is 12.8. The fourth-order valence-corrected chi connectivity index (χ4v) is 2.49. The first kappa shape index (κ1) is 23.8. The van der Waals surface area contributed by atoms with E-state index in [1.54, 1.807) is 31.2 Å². The van der Waals surface area contributed by atoms with Crippen LogP contribution in [-0.4, -0.2) is 17.7 Å². The van der Waals surface area contributed by atoms with Crippen LogP contribution in [0.15, 0.2) is 48.5 Å². The van der Waals surface area contributed by atoms with Crippen LogP contribution < -0.4 is 0 Å². The van der Waals surface area contributed by atoms with Gasteiger partial charge in [-0.2, -0.15) is 0 Å². The molecule has 1 unspecified atom stereocenters. The first-order chi connectivity index (χ1) is 13.1. The molecule has 0 saturated carbocycles. The zero-order valence-corrected chi connectivity index (χ0v) is 17.3. The quantitative estimate of drug-likeness (QED) is 0.543. The number of hydrogen-bond donors (Lipinski definition) is 0. The predicted octanol–water partition coefficient (Wildman–Crippen LogP) is 5.99. The highest BCUT2D eigenvalue weighted by molar-refractivity contribution is 5.69. The lowest BCUT2D eigenvalue weighted by Gasteiger charge is -2.28. The van der Waals surface area contributed by atoms with Gasteiger partial charge in [-0.15, -0.1) is 0 Å². The maximum Gasteiger partial charge on any atom is 0.305 e. The molecule has 2 rings (SSSR count). The third-order valence-corrected chi connectivity index (χ3v) is 3.95. The van der Waals surface area contributed by atoms with Crippen LogP contribution in [-0.2, 0) is 20.9 Å². The summed E-state index contributed by atoms with van der Waals surface area (Å²) in [6.45, 7) is 9.86. The Morgan fingerprint density at radius 2 is 1.50 bits per heavy atom. The molecule has 1 atom stereocenters. The molecular formula is C23H30F2O3. The summed E-state index contributed by atoms with van der Waals surface area (Å²) in [7, 11) is 0. The minimum Gasteiger partial charge on any atom is -0.463 e. The predicted molar refractivity (Wildman–Crippen MR) is 107 cm³/mol. The summed E-state index contributed by atoms with van der Waals surface area (Å²) in [5.74, 6) is -0.629. The zero-order valence-electron chi connectivity index (χ0n) is 17.3. The molecule has 0 heterocycles. The Bertz CT molecular complexity index is 689. The second-order valence-corrected chi connectivity index (χ2v) is 7.33. The monoisotopic (exact) mass is 392 g/mol. The van der Waals surface area contributed by atoms with E-state index in [0.717, 1.165) is 11.1 Å². The molecular weight excluding hydrogens is 362 g/mol. The standard InChI is InChI=1S/C16H23FO3.C7H7F/c1-5-15(18)20-12(2)10-16(3,4)19-11-13-6-8-14(17)9-7-13;1-6-2-4-7(8)5-3-6/h6-9,12H,5,10-11H2,1-4H3;2-5H,1H3. The van der Waals surface area contributed by atoms with E-state index < -0.39 is 5.60 Å². The molecule has 2 aromatic carbocycles. The molecule has 0 fully saturated rings. The number of halogens is 2. The fourth-order valence-electron chi connectivity index (χ4n) is 2.49. The molecule has 0 saturated heterocycles.